The number of H-pyrrole nitrogens is 1. The number of alkyl halides is 1. The first kappa shape index (κ1) is 24.1. The number of carbonyl (C=O) groups excluding carboxylic acids is 1. The molecule has 2 N–H and O–H groups in total. The molecule has 0 spiro atoms. The van der Waals surface area contributed by atoms with E-state index >= 15 is 0 Å². The number of likely N-dealkylation sites (tertiary alicyclic amines) is 1. The van der Waals surface area contributed by atoms with Gasteiger partial charge < -0.3 is 15.2 Å². The predicted octanol–water partition coefficient (Wildman–Crippen LogP) is 4.32. The third-order valence-electron chi connectivity index (χ3n) is 7.96. The van der Waals surface area contributed by atoms with E-state index in [0.717, 1.165) is 49.3 Å². The van der Waals surface area contributed by atoms with Gasteiger partial charge in [-0.3, -0.25) is 14.2 Å². The van der Waals surface area contributed by atoms with Crippen molar-refractivity contribution < 1.29 is 13.6 Å². The molecule has 3 fully saturated rings. The van der Waals surface area contributed by atoms with Gasteiger partial charge in [0.1, 0.15) is 29.1 Å². The third-order valence-corrected chi connectivity index (χ3v) is 7.96. The van der Waals surface area contributed by atoms with Crippen LogP contribution >= 0.6 is 0 Å². The van der Waals surface area contributed by atoms with Gasteiger partial charge in [0, 0.05) is 17.8 Å². The van der Waals surface area contributed by atoms with E-state index in [1.807, 2.05) is 13.0 Å². The highest BCUT2D eigenvalue weighted by atomic mass is 19.1. The van der Waals surface area contributed by atoms with E-state index in [1.54, 1.807) is 18.3 Å². The fraction of sp³-hybridized carbons (Fsp3) is 0.379. The van der Waals surface area contributed by atoms with E-state index in [2.05, 4.69) is 10.3 Å². The molecule has 1 saturated carbocycles. The monoisotopic (exact) mass is 530 g/mol. The van der Waals surface area contributed by atoms with Crippen LogP contribution in [0.15, 0.2) is 41.3 Å². The first-order valence-electron chi connectivity index (χ1n) is 13.5. The molecule has 10 heteroatoms. The topological polar surface area (TPSA) is 95.9 Å². The molecule has 5 heterocycles. The normalized spacial score (nSPS) is 19.6. The van der Waals surface area contributed by atoms with E-state index in [1.165, 1.54) is 21.6 Å². The second-order valence-corrected chi connectivity index (χ2v) is 10.9. The first-order valence-corrected chi connectivity index (χ1v) is 13.5. The average Bonchev–Trinajstić information content (AvgIpc) is 3.42. The molecule has 1 atom stereocenters. The van der Waals surface area contributed by atoms with Crippen molar-refractivity contribution in [2.75, 3.05) is 19.6 Å². The number of amides is 1. The molecule has 3 aliphatic rings. The van der Waals surface area contributed by atoms with E-state index in [4.69, 9.17) is 9.97 Å². The molecule has 0 bridgehead atoms. The molecule has 200 valence electrons. The lowest BCUT2D eigenvalue weighted by atomic mass is 9.96. The molecule has 0 radical (unpaired) electrons. The van der Waals surface area contributed by atoms with E-state index in [-0.39, 0.29) is 36.2 Å². The Kier molecular flexibility index (Phi) is 5.62. The van der Waals surface area contributed by atoms with Crippen LogP contribution in [0.2, 0.25) is 0 Å². The van der Waals surface area contributed by atoms with Crippen molar-refractivity contribution in [2.24, 2.45) is 0 Å². The lowest BCUT2D eigenvalue weighted by molar-refractivity contribution is 0.0400. The van der Waals surface area contributed by atoms with Crippen LogP contribution in [-0.4, -0.2) is 56.1 Å². The number of carbonyl (C=O) groups is 1. The molecule has 1 aliphatic carbocycles. The Morgan fingerprint density at radius 1 is 1.10 bits per heavy atom. The molecule has 2 saturated heterocycles. The molecule has 7 rings (SSSR count). The van der Waals surface area contributed by atoms with Gasteiger partial charge in [-0.2, -0.15) is 0 Å². The summed E-state index contributed by atoms with van der Waals surface area (Å²) in [4.78, 5) is 41.1. The van der Waals surface area contributed by atoms with Gasteiger partial charge in [0.25, 0.3) is 11.5 Å². The van der Waals surface area contributed by atoms with E-state index < -0.39 is 17.9 Å². The van der Waals surface area contributed by atoms with Gasteiger partial charge in [-0.1, -0.05) is 6.07 Å². The summed E-state index contributed by atoms with van der Waals surface area (Å²) in [5, 5.41) is 3.42. The molecule has 8 nitrogen and oxygen atoms in total. The molecular weight excluding hydrogens is 502 g/mol. The molecule has 0 unspecified atom stereocenters. The van der Waals surface area contributed by atoms with Gasteiger partial charge in [0.15, 0.2) is 0 Å². The van der Waals surface area contributed by atoms with Crippen molar-refractivity contribution in [3.8, 4) is 16.9 Å². The van der Waals surface area contributed by atoms with Crippen LogP contribution in [0, 0.1) is 12.7 Å². The molecule has 3 aromatic heterocycles. The second kappa shape index (κ2) is 9.08. The summed E-state index contributed by atoms with van der Waals surface area (Å²) >= 11 is 0. The van der Waals surface area contributed by atoms with Crippen molar-refractivity contribution >= 4 is 16.9 Å². The third kappa shape index (κ3) is 4.23. The summed E-state index contributed by atoms with van der Waals surface area (Å²) in [6.07, 6.45) is 4.69. The molecule has 39 heavy (non-hydrogen) atoms. The first-order chi connectivity index (χ1) is 18.9. The largest absolute Gasteiger partial charge is 0.336 e. The Labute approximate surface area is 223 Å². The standard InChI is InChI=1S/C29H28F2N6O2/c1-15-12-37(29(39)26-25(15)34-27(35-26)22-3-2-8-32-22)24-10-17(9-23(33-24)16-4-5-16)20-7-6-18(30)11-21(20)28(38)36-13-19(31)14-36/h6-7,9-12,16,19,22,32H,2-5,8,13-14H2,1H3,(H,34,35)/t22-/m1/s1. The van der Waals surface area contributed by atoms with Crippen molar-refractivity contribution in [3.63, 3.8) is 0 Å². The van der Waals surface area contributed by atoms with Gasteiger partial charge in [-0.15, -0.1) is 0 Å². The van der Waals surface area contributed by atoms with Crippen molar-refractivity contribution in [1.29, 1.82) is 0 Å². The molecule has 2 aliphatic heterocycles. The average molecular weight is 531 g/mol. The lowest BCUT2D eigenvalue weighted by Gasteiger charge is -2.34. The number of nitrogens with one attached hydrogen (secondary N) is 2. The van der Waals surface area contributed by atoms with Gasteiger partial charge in [0.2, 0.25) is 0 Å². The van der Waals surface area contributed by atoms with Gasteiger partial charge >= 0.3 is 0 Å². The molecular formula is C29H28F2N6O2. The summed E-state index contributed by atoms with van der Waals surface area (Å²) in [5.74, 6) is 0.496. The number of aryl methyl sites for hydroxylation is 1. The number of aromatic nitrogens is 4. The minimum atomic E-state index is -1.06. The Morgan fingerprint density at radius 3 is 2.64 bits per heavy atom. The maximum atomic E-state index is 14.3. The summed E-state index contributed by atoms with van der Waals surface area (Å²) in [6.45, 7) is 2.84. The predicted molar refractivity (Wildman–Crippen MR) is 142 cm³/mol. The smallest absolute Gasteiger partial charge is 0.282 e. The highest BCUT2D eigenvalue weighted by Crippen LogP contribution is 2.41. The number of halogens is 2. The Balaban J connectivity index is 1.36. The van der Waals surface area contributed by atoms with Crippen LogP contribution in [0.25, 0.3) is 28.0 Å². The molecule has 1 aromatic carbocycles. The van der Waals surface area contributed by atoms with Crippen LogP contribution in [-0.2, 0) is 0 Å². The quantitative estimate of drug-likeness (QED) is 0.401. The summed E-state index contributed by atoms with van der Waals surface area (Å²) in [6, 6.07) is 7.84. The fourth-order valence-electron chi connectivity index (χ4n) is 5.63. The molecule has 1 amide bonds. The summed E-state index contributed by atoms with van der Waals surface area (Å²) in [7, 11) is 0. The highest BCUT2D eigenvalue weighted by Gasteiger charge is 2.33. The Bertz CT molecular complexity index is 1680. The van der Waals surface area contributed by atoms with E-state index in [9.17, 15) is 18.4 Å². The SMILES string of the molecule is Cc1cn(-c2cc(-c3ccc(F)cc3C(=O)N3CC(F)C3)cc(C3CC3)n2)c(=O)c2[nH]c([C@H]3CCCN3)nc12. The number of aromatic amines is 1. The summed E-state index contributed by atoms with van der Waals surface area (Å²) < 4.78 is 29.3. The minimum absolute atomic E-state index is 0.000931. The number of rotatable bonds is 5. The Hall–Kier alpha value is -3.92. The van der Waals surface area contributed by atoms with E-state index in [0.29, 0.717) is 28.0 Å². The second-order valence-electron chi connectivity index (χ2n) is 10.9. The maximum Gasteiger partial charge on any atom is 0.282 e. The Morgan fingerprint density at radius 2 is 1.92 bits per heavy atom. The van der Waals surface area contributed by atoms with Crippen LogP contribution < -0.4 is 10.9 Å². The van der Waals surface area contributed by atoms with Crippen molar-refractivity contribution in [1.82, 2.24) is 29.7 Å². The molecule has 4 aromatic rings. The minimum Gasteiger partial charge on any atom is -0.336 e. The number of imidazole rings is 1. The fourth-order valence-corrected chi connectivity index (χ4v) is 5.63. The zero-order valence-electron chi connectivity index (χ0n) is 21.5. The number of fused-ring (bicyclic) bond motifs is 1. The number of nitrogens with zero attached hydrogens (tertiary/aromatic N) is 4. The van der Waals surface area contributed by atoms with Gasteiger partial charge in [-0.05, 0) is 80.1 Å². The number of pyridine rings is 2. The van der Waals surface area contributed by atoms with Gasteiger partial charge in [-0.25, -0.2) is 18.7 Å². The van der Waals surface area contributed by atoms with Crippen molar-refractivity contribution in [2.45, 2.75) is 50.7 Å². The van der Waals surface area contributed by atoms with Crippen molar-refractivity contribution in [3.05, 3.63) is 75.3 Å². The number of hydrogen-bond donors (Lipinski definition) is 2. The van der Waals surface area contributed by atoms with Crippen LogP contribution in [0.1, 0.15) is 65.1 Å². The highest BCUT2D eigenvalue weighted by molar-refractivity contribution is 6.01. The number of hydrogen-bond acceptors (Lipinski definition) is 5. The van der Waals surface area contributed by atoms with Gasteiger partial charge in [0.05, 0.1) is 30.2 Å². The maximum absolute atomic E-state index is 14.3. The van der Waals surface area contributed by atoms with Crippen LogP contribution in [0.3, 0.4) is 0 Å². The lowest BCUT2D eigenvalue weighted by Crippen LogP contribution is -2.51. The van der Waals surface area contributed by atoms with Crippen LogP contribution in [0.4, 0.5) is 8.78 Å². The zero-order valence-corrected chi connectivity index (χ0v) is 21.5. The zero-order chi connectivity index (χ0) is 26.8. The summed E-state index contributed by atoms with van der Waals surface area (Å²) in [5.41, 5.74) is 3.82. The number of benzene rings is 1. The van der Waals surface area contributed by atoms with Crippen LogP contribution in [0.5, 0.6) is 0 Å².